The maximum absolute atomic E-state index is 6.06. The second kappa shape index (κ2) is 23.4. The normalized spacial score (nSPS) is 12.3. The molecule has 0 atom stereocenters. The van der Waals surface area contributed by atoms with Gasteiger partial charge >= 0.3 is 0 Å². The van der Waals surface area contributed by atoms with Crippen LogP contribution >= 0.6 is 0 Å². The van der Waals surface area contributed by atoms with E-state index < -0.39 is 0 Å². The SMILES string of the molecule is CC(C)(C)c1ccc2c(c1)c1ccccc1n2-c1cnc(-n2c3ccccc3c3cc(C(C)(C)C)ccc32)c(-n2c3ccccc3c3cc(C(C)(C)C)ccc32)c1-c1cccc(-c2nc(-c3ccccc3)nc(-c3ccccc3)n2)c1-c1nc(-c2ccccc2)nc(-c2ccccc2)n1. The molecule has 0 unspecified atom stereocenters. The molecule has 6 aromatic heterocycles. The van der Waals surface area contributed by atoms with Crippen molar-refractivity contribution in [2.24, 2.45) is 0 Å². The average molecular weight is 1280 g/mol. The predicted molar refractivity (Wildman–Crippen MR) is 408 cm³/mol. The zero-order chi connectivity index (χ0) is 67.5. The van der Waals surface area contributed by atoms with Crippen molar-refractivity contribution in [3.05, 3.63) is 290 Å². The molecule has 0 saturated heterocycles. The second-order valence-electron chi connectivity index (χ2n) is 29.0. The Bertz CT molecular complexity index is 5910. The maximum Gasteiger partial charge on any atom is 0.165 e. The van der Waals surface area contributed by atoms with Crippen LogP contribution in [-0.4, -0.2) is 48.6 Å². The fourth-order valence-electron chi connectivity index (χ4n) is 14.4. The number of benzene rings is 11. The van der Waals surface area contributed by atoms with E-state index in [1.807, 2.05) is 72.8 Å². The Morgan fingerprint density at radius 3 is 0.990 bits per heavy atom. The molecule has 478 valence electrons. The van der Waals surface area contributed by atoms with Crippen molar-refractivity contribution in [3.63, 3.8) is 0 Å². The fourth-order valence-corrected chi connectivity index (χ4v) is 14.4. The van der Waals surface area contributed by atoms with E-state index in [4.69, 9.17) is 34.9 Å². The molecule has 11 aromatic carbocycles. The van der Waals surface area contributed by atoms with E-state index in [2.05, 4.69) is 276 Å². The van der Waals surface area contributed by atoms with Crippen LogP contribution in [0.3, 0.4) is 0 Å². The zero-order valence-electron chi connectivity index (χ0n) is 57.0. The molecule has 0 bridgehead atoms. The lowest BCUT2D eigenvalue weighted by Crippen LogP contribution is -2.13. The van der Waals surface area contributed by atoms with Crippen LogP contribution in [-0.2, 0) is 16.2 Å². The molecule has 0 aliphatic heterocycles. The highest BCUT2D eigenvalue weighted by Gasteiger charge is 2.33. The molecule has 17 rings (SSSR count). The van der Waals surface area contributed by atoms with Gasteiger partial charge in [0.1, 0.15) is 0 Å². The van der Waals surface area contributed by atoms with Gasteiger partial charge in [-0.15, -0.1) is 0 Å². The van der Waals surface area contributed by atoms with Crippen LogP contribution in [0, 0.1) is 0 Å². The number of fused-ring (bicyclic) bond motifs is 9. The molecule has 0 aliphatic rings. The van der Waals surface area contributed by atoms with Crippen LogP contribution in [0.4, 0.5) is 0 Å². The first kappa shape index (κ1) is 60.6. The summed E-state index contributed by atoms with van der Waals surface area (Å²) in [7, 11) is 0. The lowest BCUT2D eigenvalue weighted by atomic mass is 9.86. The van der Waals surface area contributed by atoms with Gasteiger partial charge in [0.2, 0.25) is 0 Å². The maximum atomic E-state index is 6.06. The molecule has 0 fully saturated rings. The van der Waals surface area contributed by atoms with Crippen molar-refractivity contribution in [1.29, 1.82) is 0 Å². The van der Waals surface area contributed by atoms with Gasteiger partial charge in [-0.3, -0.25) is 4.57 Å². The van der Waals surface area contributed by atoms with E-state index in [1.165, 1.54) is 16.7 Å². The average Bonchev–Trinajstić information content (AvgIpc) is 1.62. The third-order valence-corrected chi connectivity index (χ3v) is 19.5. The zero-order valence-corrected chi connectivity index (χ0v) is 57.0. The smallest absolute Gasteiger partial charge is 0.165 e. The molecule has 10 nitrogen and oxygen atoms in total. The number of rotatable bonds is 10. The van der Waals surface area contributed by atoms with Crippen LogP contribution in [0.15, 0.2) is 273 Å². The van der Waals surface area contributed by atoms with Crippen LogP contribution in [0.2, 0.25) is 0 Å². The lowest BCUT2D eigenvalue weighted by Gasteiger charge is -2.26. The molecular formula is C89H72N10. The first-order valence-corrected chi connectivity index (χ1v) is 34.0. The molecule has 0 N–H and O–H groups in total. The molecular weight excluding hydrogens is 1210 g/mol. The molecule has 0 aliphatic carbocycles. The van der Waals surface area contributed by atoms with Crippen LogP contribution in [0.25, 0.3) is 162 Å². The molecule has 17 aromatic rings. The van der Waals surface area contributed by atoms with Gasteiger partial charge in [0, 0.05) is 71.3 Å². The molecule has 99 heavy (non-hydrogen) atoms. The highest BCUT2D eigenvalue weighted by Crippen LogP contribution is 2.50. The van der Waals surface area contributed by atoms with Crippen molar-refractivity contribution in [2.45, 2.75) is 78.6 Å². The fraction of sp³-hybridized carbons (Fsp3) is 0.135. The van der Waals surface area contributed by atoms with Gasteiger partial charge in [0.25, 0.3) is 0 Å². The minimum Gasteiger partial charge on any atom is -0.307 e. The topological polar surface area (TPSA) is 105 Å². The standard InChI is InChI=1S/C89H72N10/c1-87(2,3)59-45-48-73-67(51-59)62-37-22-25-42-70(62)97(73)76-54-90-86(99-72-44-27-24-39-64(72)69-53-61(89(7,8)9)47-50-75(69)99)79(98-71-43-26-23-38-63(71)68-52-60(88(4,5)6)46-49-74(68)98)78(76)65-40-28-41-66(84-93-80(55-29-14-10-15-30-55)91-81(94-84)56-31-16-11-17-32-56)77(65)85-95-82(57-33-18-12-19-34-57)92-83(96-85)58-35-20-13-21-36-58/h10-54H,1-9H3. The summed E-state index contributed by atoms with van der Waals surface area (Å²) in [4.78, 5) is 39.3. The Labute approximate surface area is 575 Å². The van der Waals surface area contributed by atoms with E-state index in [0.717, 1.165) is 116 Å². The highest BCUT2D eigenvalue weighted by atomic mass is 15.1. The van der Waals surface area contributed by atoms with Crippen molar-refractivity contribution >= 4 is 65.4 Å². The van der Waals surface area contributed by atoms with Crippen molar-refractivity contribution in [2.75, 3.05) is 0 Å². The van der Waals surface area contributed by atoms with Gasteiger partial charge in [0.15, 0.2) is 40.8 Å². The largest absolute Gasteiger partial charge is 0.307 e. The third-order valence-electron chi connectivity index (χ3n) is 19.5. The van der Waals surface area contributed by atoms with Crippen molar-refractivity contribution in [3.8, 4) is 96.6 Å². The van der Waals surface area contributed by atoms with Gasteiger partial charge in [-0.2, -0.15) is 0 Å². The van der Waals surface area contributed by atoms with Crippen LogP contribution in [0.1, 0.15) is 79.0 Å². The third kappa shape index (κ3) is 10.4. The van der Waals surface area contributed by atoms with Gasteiger partial charge in [-0.05, 0) is 93.1 Å². The van der Waals surface area contributed by atoms with E-state index in [-0.39, 0.29) is 16.2 Å². The summed E-state index contributed by atoms with van der Waals surface area (Å²) in [6.45, 7) is 20.6. The van der Waals surface area contributed by atoms with Gasteiger partial charge in [-0.1, -0.05) is 275 Å². The highest BCUT2D eigenvalue weighted by molar-refractivity contribution is 6.15. The molecule has 0 radical (unpaired) electrons. The Kier molecular flexibility index (Phi) is 14.3. The van der Waals surface area contributed by atoms with Gasteiger partial charge in [0.05, 0.1) is 50.7 Å². The van der Waals surface area contributed by atoms with Crippen LogP contribution < -0.4 is 0 Å². The number of para-hydroxylation sites is 3. The molecule has 0 amide bonds. The summed E-state index contributed by atoms with van der Waals surface area (Å²) < 4.78 is 7.34. The van der Waals surface area contributed by atoms with E-state index in [0.29, 0.717) is 46.1 Å². The summed E-state index contributed by atoms with van der Waals surface area (Å²) in [6.07, 6.45) is 2.12. The molecule has 0 saturated carbocycles. The predicted octanol–water partition coefficient (Wildman–Crippen LogP) is 22.3. The van der Waals surface area contributed by atoms with E-state index in [1.54, 1.807) is 0 Å². The number of pyridine rings is 1. The molecule has 6 heterocycles. The van der Waals surface area contributed by atoms with Gasteiger partial charge < -0.3 is 9.13 Å². The van der Waals surface area contributed by atoms with Gasteiger partial charge in [-0.25, -0.2) is 34.9 Å². The summed E-state index contributed by atoms with van der Waals surface area (Å²) in [5, 5.41) is 6.76. The first-order chi connectivity index (χ1) is 48.0. The monoisotopic (exact) mass is 1280 g/mol. The van der Waals surface area contributed by atoms with Crippen molar-refractivity contribution in [1.82, 2.24) is 48.6 Å². The first-order valence-electron chi connectivity index (χ1n) is 34.0. The summed E-state index contributed by atoms with van der Waals surface area (Å²) in [6, 6.07) is 94.8. The van der Waals surface area contributed by atoms with E-state index >= 15 is 0 Å². The second-order valence-corrected chi connectivity index (χ2v) is 29.0. The lowest BCUT2D eigenvalue weighted by molar-refractivity contribution is 0.591. The minimum absolute atomic E-state index is 0.125. The quantitative estimate of drug-likeness (QED) is 0.134. The Morgan fingerprint density at radius 2 is 0.576 bits per heavy atom. The number of hydrogen-bond donors (Lipinski definition) is 0. The van der Waals surface area contributed by atoms with Crippen LogP contribution in [0.5, 0.6) is 0 Å². The Morgan fingerprint density at radius 1 is 0.253 bits per heavy atom. The minimum atomic E-state index is -0.152. The number of hydrogen-bond acceptors (Lipinski definition) is 7. The summed E-state index contributed by atoms with van der Waals surface area (Å²) >= 11 is 0. The number of aromatic nitrogens is 10. The van der Waals surface area contributed by atoms with E-state index in [9.17, 15) is 0 Å². The molecule has 10 heteroatoms. The summed E-state index contributed by atoms with van der Waals surface area (Å²) in [5.74, 6) is 3.65. The number of nitrogens with zero attached hydrogens (tertiary/aromatic N) is 10. The molecule has 0 spiro atoms. The Hall–Kier alpha value is -12.0. The van der Waals surface area contributed by atoms with Crippen molar-refractivity contribution < 1.29 is 0 Å². The Balaban J connectivity index is 1.12. The summed E-state index contributed by atoms with van der Waals surface area (Å²) in [5.41, 5.74) is 17.5.